The Labute approximate surface area is 297 Å². The second kappa shape index (κ2) is 12.3. The maximum absolute atomic E-state index is 15.0. The minimum atomic E-state index is -1.16. The number of anilines is 3. The van der Waals surface area contributed by atoms with Crippen LogP contribution in [0.1, 0.15) is 70.9 Å². The van der Waals surface area contributed by atoms with Crippen LogP contribution in [0.25, 0.3) is 22.3 Å². The molecule has 7 heterocycles. The van der Waals surface area contributed by atoms with Crippen molar-refractivity contribution < 1.29 is 18.3 Å². The highest BCUT2D eigenvalue weighted by Crippen LogP contribution is 2.52. The second-order valence-electron chi connectivity index (χ2n) is 15.9. The van der Waals surface area contributed by atoms with Crippen molar-refractivity contribution in [3.63, 3.8) is 0 Å². The van der Waals surface area contributed by atoms with Gasteiger partial charge < -0.3 is 19.5 Å². The maximum atomic E-state index is 15.0. The lowest BCUT2D eigenvalue weighted by atomic mass is 9.73. The van der Waals surface area contributed by atoms with E-state index < -0.39 is 16.9 Å². The summed E-state index contributed by atoms with van der Waals surface area (Å²) in [5.41, 5.74) is 3.69. The van der Waals surface area contributed by atoms with E-state index in [4.69, 9.17) is 14.7 Å². The lowest BCUT2D eigenvalue weighted by Gasteiger charge is -2.50. The molecule has 9 rings (SSSR count). The van der Waals surface area contributed by atoms with Crippen molar-refractivity contribution in [3.05, 3.63) is 60.4 Å². The number of aromatic nitrogens is 4. The van der Waals surface area contributed by atoms with Gasteiger partial charge in [0.25, 0.3) is 0 Å². The summed E-state index contributed by atoms with van der Waals surface area (Å²) in [6.07, 6.45) is 9.24. The van der Waals surface area contributed by atoms with Crippen molar-refractivity contribution in [3.8, 4) is 11.3 Å². The van der Waals surface area contributed by atoms with Crippen LogP contribution < -0.4 is 10.2 Å². The lowest BCUT2D eigenvalue weighted by molar-refractivity contribution is -0.128. The Morgan fingerprint density at radius 3 is 2.51 bits per heavy atom. The molecule has 1 spiro atoms. The van der Waals surface area contributed by atoms with Crippen LogP contribution in [0.4, 0.5) is 26.0 Å². The fourth-order valence-corrected chi connectivity index (χ4v) is 9.20. The van der Waals surface area contributed by atoms with Gasteiger partial charge in [0, 0.05) is 42.1 Å². The van der Waals surface area contributed by atoms with Crippen molar-refractivity contribution in [1.29, 1.82) is 0 Å². The molecule has 10 nitrogen and oxygen atoms in total. The fourth-order valence-electron chi connectivity index (χ4n) is 9.20. The van der Waals surface area contributed by atoms with Gasteiger partial charge in [0.15, 0.2) is 11.6 Å². The number of ether oxygens (including phenoxy) is 1. The lowest BCUT2D eigenvalue weighted by Crippen LogP contribution is -2.60. The van der Waals surface area contributed by atoms with Crippen LogP contribution in [0.3, 0.4) is 0 Å². The third-order valence-corrected chi connectivity index (χ3v) is 12.3. The Bertz CT molecular complexity index is 1980. The van der Waals surface area contributed by atoms with Crippen LogP contribution in [0.15, 0.2) is 49.1 Å². The largest absolute Gasteiger partial charge is 0.378 e. The summed E-state index contributed by atoms with van der Waals surface area (Å²) in [4.78, 5) is 35.4. The van der Waals surface area contributed by atoms with E-state index in [1.165, 1.54) is 6.20 Å². The number of nitrogens with one attached hydrogen (secondary N) is 1. The minimum Gasteiger partial charge on any atom is -0.378 e. The summed E-state index contributed by atoms with van der Waals surface area (Å²) >= 11 is 0. The topological polar surface area (TPSA) is 91.7 Å². The number of alkyl halides is 1. The van der Waals surface area contributed by atoms with E-state index in [0.29, 0.717) is 30.5 Å². The zero-order valence-electron chi connectivity index (χ0n) is 29.6. The summed E-state index contributed by atoms with van der Waals surface area (Å²) in [5.74, 6) is 0.228. The molecular weight excluding hydrogens is 650 g/mol. The number of rotatable bonds is 7. The monoisotopic (exact) mass is 696 g/mol. The highest BCUT2D eigenvalue weighted by Gasteiger charge is 2.56. The van der Waals surface area contributed by atoms with Crippen LogP contribution in [0.2, 0.25) is 0 Å². The molecule has 268 valence electrons. The van der Waals surface area contributed by atoms with Gasteiger partial charge in [-0.2, -0.15) is 0 Å². The Kier molecular flexibility index (Phi) is 7.93. The van der Waals surface area contributed by atoms with E-state index in [1.54, 1.807) is 25.5 Å². The minimum absolute atomic E-state index is 0.0609. The SMILES string of the molecule is CC(C)n1cnc2cc(-c3ccc4c(c3)N([C@H]3C[C@@H](N5CCCC(C)(F)C5)C3)C(=O)C43CCN(C4COC4)CC3)nc(Nc3ccncc3F)c21. The van der Waals surface area contributed by atoms with E-state index >= 15 is 4.39 Å². The number of halogens is 2. The number of hydrogen-bond donors (Lipinski definition) is 1. The number of piperidine rings is 2. The molecule has 4 fully saturated rings. The van der Waals surface area contributed by atoms with Gasteiger partial charge in [0.05, 0.1) is 54.1 Å². The van der Waals surface area contributed by atoms with Crippen LogP contribution in [0.5, 0.6) is 0 Å². The Morgan fingerprint density at radius 2 is 1.80 bits per heavy atom. The highest BCUT2D eigenvalue weighted by atomic mass is 19.1. The Hall–Kier alpha value is -4.00. The van der Waals surface area contributed by atoms with Gasteiger partial charge in [0.2, 0.25) is 5.91 Å². The molecule has 0 radical (unpaired) electrons. The van der Waals surface area contributed by atoms with Gasteiger partial charge in [-0.3, -0.25) is 19.6 Å². The third-order valence-electron chi connectivity index (χ3n) is 12.3. The summed E-state index contributed by atoms with van der Waals surface area (Å²) < 4.78 is 37.4. The van der Waals surface area contributed by atoms with Crippen LogP contribution in [-0.2, 0) is 14.9 Å². The molecule has 3 saturated heterocycles. The molecule has 4 aliphatic heterocycles. The van der Waals surface area contributed by atoms with Crippen LogP contribution in [-0.4, -0.2) is 98.4 Å². The Balaban J connectivity index is 1.09. The van der Waals surface area contributed by atoms with E-state index in [1.807, 2.05) is 10.6 Å². The van der Waals surface area contributed by atoms with Crippen LogP contribution >= 0.6 is 0 Å². The van der Waals surface area contributed by atoms with E-state index in [-0.39, 0.29) is 29.7 Å². The molecule has 1 N–H and O–H groups in total. The number of carbonyl (C=O) groups is 1. The molecule has 1 amide bonds. The molecule has 0 bridgehead atoms. The first-order valence-electron chi connectivity index (χ1n) is 18.6. The average molecular weight is 697 g/mol. The number of imidazole rings is 1. The number of carbonyl (C=O) groups excluding carboxylic acids is 1. The van der Waals surface area contributed by atoms with Gasteiger partial charge in [0.1, 0.15) is 11.2 Å². The van der Waals surface area contributed by atoms with Gasteiger partial charge in [-0.25, -0.2) is 18.7 Å². The molecule has 4 aromatic rings. The summed E-state index contributed by atoms with van der Waals surface area (Å²) in [6.45, 7) is 10.5. The molecule has 12 heteroatoms. The van der Waals surface area contributed by atoms with E-state index in [9.17, 15) is 9.18 Å². The fraction of sp³-hybridized carbons (Fsp3) is 0.538. The molecule has 1 saturated carbocycles. The maximum Gasteiger partial charge on any atom is 0.238 e. The summed E-state index contributed by atoms with van der Waals surface area (Å²) in [7, 11) is 0. The van der Waals surface area contributed by atoms with Crippen molar-refractivity contribution in [2.45, 2.75) is 94.5 Å². The van der Waals surface area contributed by atoms with Gasteiger partial charge in [-0.1, -0.05) is 12.1 Å². The first-order chi connectivity index (χ1) is 24.6. The molecule has 1 atom stereocenters. The number of hydrogen-bond acceptors (Lipinski definition) is 8. The zero-order valence-corrected chi connectivity index (χ0v) is 29.6. The van der Waals surface area contributed by atoms with E-state index in [0.717, 1.165) is 92.8 Å². The molecule has 1 aromatic carbocycles. The summed E-state index contributed by atoms with van der Waals surface area (Å²) in [5, 5.41) is 3.23. The van der Waals surface area contributed by atoms with Crippen molar-refractivity contribution in [2.24, 2.45) is 0 Å². The predicted molar refractivity (Wildman–Crippen MR) is 193 cm³/mol. The summed E-state index contributed by atoms with van der Waals surface area (Å²) in [6, 6.07) is 10.8. The number of amides is 1. The first-order valence-corrected chi connectivity index (χ1v) is 18.6. The van der Waals surface area contributed by atoms with Crippen molar-refractivity contribution in [1.82, 2.24) is 29.3 Å². The molecule has 51 heavy (non-hydrogen) atoms. The Morgan fingerprint density at radius 1 is 1.00 bits per heavy atom. The molecule has 1 unspecified atom stereocenters. The number of nitrogens with zero attached hydrogens (tertiary/aromatic N) is 7. The first kappa shape index (κ1) is 32.9. The standard InChI is InChI=1S/C39H46F2N8O2/c1-24(2)48-23-43-33-18-32(45-36(35(33)48)44-31-7-11-42-19-30(31)40)25-5-6-29-34(15-25)49(27-16-26(17-27)47-12-4-8-38(3,41)22-47)37(50)39(29)9-13-46(14-10-39)28-20-51-21-28/h5-7,11,15,18-19,23-24,26-28H,4,8-10,12-14,16-17,20-22H2,1-3H3,(H,42,44,45)/t26-,27+,38?. The third kappa shape index (κ3) is 5.52. The van der Waals surface area contributed by atoms with Crippen molar-refractivity contribution >= 4 is 34.1 Å². The number of pyridine rings is 2. The number of likely N-dealkylation sites (tertiary alicyclic amines) is 2. The highest BCUT2D eigenvalue weighted by molar-refractivity contribution is 6.09. The van der Waals surface area contributed by atoms with Crippen LogP contribution in [0, 0.1) is 5.82 Å². The smallest absolute Gasteiger partial charge is 0.238 e. The second-order valence-corrected chi connectivity index (χ2v) is 15.9. The normalized spacial score (nSPS) is 26.9. The predicted octanol–water partition coefficient (Wildman–Crippen LogP) is 6.39. The molecule has 3 aromatic heterocycles. The van der Waals surface area contributed by atoms with Gasteiger partial charge >= 0.3 is 0 Å². The molecular formula is C39H46F2N8O2. The average Bonchev–Trinajstić information content (AvgIpc) is 3.59. The number of fused-ring (bicyclic) bond motifs is 3. The molecule has 1 aliphatic carbocycles. The zero-order chi connectivity index (χ0) is 35.1. The number of benzene rings is 1. The van der Waals surface area contributed by atoms with Gasteiger partial charge in [-0.05, 0) is 103 Å². The molecule has 5 aliphatic rings. The van der Waals surface area contributed by atoms with Gasteiger partial charge in [-0.15, -0.1) is 0 Å². The van der Waals surface area contributed by atoms with Crippen molar-refractivity contribution in [2.75, 3.05) is 49.6 Å². The van der Waals surface area contributed by atoms with E-state index in [2.05, 4.69) is 57.0 Å². The quantitative estimate of drug-likeness (QED) is 0.238.